The lowest BCUT2D eigenvalue weighted by atomic mass is 10.0. The summed E-state index contributed by atoms with van der Waals surface area (Å²) in [7, 11) is 3.02. The summed E-state index contributed by atoms with van der Waals surface area (Å²) < 4.78 is 9.65. The fourth-order valence-corrected chi connectivity index (χ4v) is 1.57. The summed E-state index contributed by atoms with van der Waals surface area (Å²) >= 11 is 0. The maximum Gasteiger partial charge on any atom is 0.305 e. The molecular formula is C15H25NO3. The number of methoxy groups -OCH3 is 2. The highest BCUT2D eigenvalue weighted by molar-refractivity contribution is 5.69. The van der Waals surface area contributed by atoms with Crippen LogP contribution in [0.1, 0.15) is 32.3 Å². The molecule has 0 aliphatic carbocycles. The van der Waals surface area contributed by atoms with E-state index in [1.165, 1.54) is 7.11 Å². The van der Waals surface area contributed by atoms with Crippen LogP contribution in [0.3, 0.4) is 0 Å². The molecule has 1 rings (SSSR count). The lowest BCUT2D eigenvalue weighted by molar-refractivity contribution is -0.140. The first-order valence-electron chi connectivity index (χ1n) is 6.61. The number of benzene rings is 1. The average molecular weight is 267 g/mol. The van der Waals surface area contributed by atoms with Gasteiger partial charge in [-0.25, -0.2) is 0 Å². The van der Waals surface area contributed by atoms with Crippen LogP contribution in [-0.4, -0.2) is 26.2 Å². The van der Waals surface area contributed by atoms with Crippen LogP contribution in [0.25, 0.3) is 0 Å². The minimum absolute atomic E-state index is 0.0255. The quantitative estimate of drug-likeness (QED) is 0.805. The molecule has 0 saturated heterocycles. The van der Waals surface area contributed by atoms with Gasteiger partial charge in [-0.1, -0.05) is 26.0 Å². The minimum Gasteiger partial charge on any atom is -0.497 e. The third-order valence-electron chi connectivity index (χ3n) is 2.60. The Hall–Kier alpha value is -1.55. The number of carbonyl (C=O) groups excluding carboxylic acids is 1. The number of carbonyl (C=O) groups is 1. The highest BCUT2D eigenvalue weighted by atomic mass is 16.5. The van der Waals surface area contributed by atoms with Crippen LogP contribution in [-0.2, 0) is 16.0 Å². The number of hydrogen-bond acceptors (Lipinski definition) is 4. The molecule has 4 nitrogen and oxygen atoms in total. The average Bonchev–Trinajstić information content (AvgIpc) is 2.47. The third-order valence-corrected chi connectivity index (χ3v) is 2.60. The summed E-state index contributed by atoms with van der Waals surface area (Å²) in [5, 5.41) is 0. The predicted molar refractivity (Wildman–Crippen MR) is 77.3 cm³/mol. The molecule has 19 heavy (non-hydrogen) atoms. The second kappa shape index (κ2) is 10.4. The predicted octanol–water partition coefficient (Wildman–Crippen LogP) is 2.54. The van der Waals surface area contributed by atoms with Gasteiger partial charge in [-0.2, -0.15) is 0 Å². The molecule has 1 aromatic carbocycles. The van der Waals surface area contributed by atoms with Gasteiger partial charge in [-0.15, -0.1) is 0 Å². The van der Waals surface area contributed by atoms with Crippen LogP contribution < -0.4 is 10.5 Å². The van der Waals surface area contributed by atoms with Crippen LogP contribution in [0.2, 0.25) is 0 Å². The lowest BCUT2D eigenvalue weighted by Crippen LogP contribution is -2.24. The van der Waals surface area contributed by atoms with E-state index in [4.69, 9.17) is 10.5 Å². The molecule has 0 aliphatic heterocycles. The Morgan fingerprint density at radius 1 is 1.21 bits per heavy atom. The van der Waals surface area contributed by atoms with Crippen molar-refractivity contribution in [1.82, 2.24) is 0 Å². The molecule has 0 heterocycles. The first-order valence-corrected chi connectivity index (χ1v) is 6.61. The maximum atomic E-state index is 11.0. The zero-order chi connectivity index (χ0) is 14.7. The van der Waals surface area contributed by atoms with Gasteiger partial charge < -0.3 is 15.2 Å². The van der Waals surface area contributed by atoms with Crippen molar-refractivity contribution in [3.05, 3.63) is 29.8 Å². The standard InChI is InChI=1S/C13H19NO3.C2H6/c1-16-12-6-3-10(4-7-12)9-11(14)5-8-13(15)17-2;1-2/h3-4,6-7,11H,5,8-9,14H2,1-2H3;1-2H3. The molecule has 1 atom stereocenters. The Kier molecular flexibility index (Phi) is 9.53. The molecule has 0 spiro atoms. The summed E-state index contributed by atoms with van der Waals surface area (Å²) in [5.41, 5.74) is 7.08. The molecule has 1 unspecified atom stereocenters. The van der Waals surface area contributed by atoms with Crippen molar-refractivity contribution >= 4 is 5.97 Å². The smallest absolute Gasteiger partial charge is 0.305 e. The summed E-state index contributed by atoms with van der Waals surface area (Å²) in [4.78, 5) is 11.0. The van der Waals surface area contributed by atoms with Gasteiger partial charge in [0.25, 0.3) is 0 Å². The highest BCUT2D eigenvalue weighted by Gasteiger charge is 2.08. The van der Waals surface area contributed by atoms with Crippen molar-refractivity contribution < 1.29 is 14.3 Å². The van der Waals surface area contributed by atoms with Gasteiger partial charge in [0.1, 0.15) is 5.75 Å². The second-order valence-electron chi connectivity index (χ2n) is 3.93. The Labute approximate surface area is 115 Å². The molecule has 0 saturated carbocycles. The number of nitrogens with two attached hydrogens (primary N) is 1. The third kappa shape index (κ3) is 7.47. The van der Waals surface area contributed by atoms with E-state index in [0.29, 0.717) is 12.8 Å². The summed E-state index contributed by atoms with van der Waals surface area (Å²) in [5.74, 6) is 0.618. The Morgan fingerprint density at radius 3 is 2.26 bits per heavy atom. The molecule has 4 heteroatoms. The summed E-state index contributed by atoms with van der Waals surface area (Å²) in [6.07, 6.45) is 1.76. The molecule has 1 aromatic rings. The number of hydrogen-bond donors (Lipinski definition) is 1. The van der Waals surface area contributed by atoms with E-state index in [-0.39, 0.29) is 12.0 Å². The molecule has 0 aromatic heterocycles. The van der Waals surface area contributed by atoms with Gasteiger partial charge in [0.05, 0.1) is 14.2 Å². The van der Waals surface area contributed by atoms with E-state index in [1.807, 2.05) is 38.1 Å². The molecule has 0 fully saturated rings. The van der Waals surface area contributed by atoms with Crippen LogP contribution >= 0.6 is 0 Å². The van der Waals surface area contributed by atoms with Gasteiger partial charge in [0.15, 0.2) is 0 Å². The Morgan fingerprint density at radius 2 is 1.79 bits per heavy atom. The van der Waals surface area contributed by atoms with Crippen molar-refractivity contribution in [3.63, 3.8) is 0 Å². The monoisotopic (exact) mass is 267 g/mol. The highest BCUT2D eigenvalue weighted by Crippen LogP contribution is 2.13. The number of esters is 1. The number of ether oxygens (including phenoxy) is 2. The molecule has 0 bridgehead atoms. The van der Waals surface area contributed by atoms with E-state index in [1.54, 1.807) is 7.11 Å². The molecule has 0 aliphatic rings. The van der Waals surface area contributed by atoms with Crippen molar-refractivity contribution in [2.24, 2.45) is 5.73 Å². The van der Waals surface area contributed by atoms with Crippen molar-refractivity contribution in [2.75, 3.05) is 14.2 Å². The van der Waals surface area contributed by atoms with Crippen LogP contribution in [0.4, 0.5) is 0 Å². The lowest BCUT2D eigenvalue weighted by Gasteiger charge is -2.11. The fourth-order valence-electron chi connectivity index (χ4n) is 1.57. The molecule has 2 N–H and O–H groups in total. The maximum absolute atomic E-state index is 11.0. The summed E-state index contributed by atoms with van der Waals surface area (Å²) in [6.45, 7) is 4.00. The van der Waals surface area contributed by atoms with Crippen molar-refractivity contribution in [2.45, 2.75) is 39.2 Å². The second-order valence-corrected chi connectivity index (χ2v) is 3.93. The van der Waals surface area contributed by atoms with E-state index in [9.17, 15) is 4.79 Å². The van der Waals surface area contributed by atoms with Gasteiger partial charge in [-0.05, 0) is 30.5 Å². The van der Waals surface area contributed by atoms with Crippen LogP contribution in [0.15, 0.2) is 24.3 Å². The van der Waals surface area contributed by atoms with Gasteiger partial charge >= 0.3 is 5.97 Å². The molecular weight excluding hydrogens is 242 g/mol. The molecule has 0 amide bonds. The van der Waals surface area contributed by atoms with Gasteiger partial charge in [-0.3, -0.25) is 4.79 Å². The van der Waals surface area contributed by atoms with Crippen LogP contribution in [0, 0.1) is 0 Å². The van der Waals surface area contributed by atoms with E-state index in [2.05, 4.69) is 4.74 Å². The van der Waals surface area contributed by atoms with Crippen molar-refractivity contribution in [1.29, 1.82) is 0 Å². The minimum atomic E-state index is -0.213. The normalized spacial score (nSPS) is 11.0. The zero-order valence-corrected chi connectivity index (χ0v) is 12.3. The Balaban J connectivity index is 0.00000154. The van der Waals surface area contributed by atoms with Gasteiger partial charge in [0, 0.05) is 12.5 Å². The SMILES string of the molecule is CC.COC(=O)CCC(N)Cc1ccc(OC)cc1. The first-order chi connectivity index (χ1) is 9.15. The zero-order valence-electron chi connectivity index (χ0n) is 12.3. The molecule has 0 radical (unpaired) electrons. The summed E-state index contributed by atoms with van der Waals surface area (Å²) in [6, 6.07) is 7.75. The van der Waals surface area contributed by atoms with Crippen LogP contribution in [0.5, 0.6) is 5.75 Å². The van der Waals surface area contributed by atoms with Crippen molar-refractivity contribution in [3.8, 4) is 5.75 Å². The van der Waals surface area contributed by atoms with E-state index < -0.39 is 0 Å². The first kappa shape index (κ1) is 17.4. The fraction of sp³-hybridized carbons (Fsp3) is 0.533. The van der Waals surface area contributed by atoms with Gasteiger partial charge in [0.2, 0.25) is 0 Å². The van der Waals surface area contributed by atoms with E-state index in [0.717, 1.165) is 17.7 Å². The topological polar surface area (TPSA) is 61.5 Å². The molecule has 108 valence electrons. The largest absolute Gasteiger partial charge is 0.497 e. The number of rotatable bonds is 6. The van der Waals surface area contributed by atoms with E-state index >= 15 is 0 Å². The Bertz CT molecular complexity index is 349.